The molecule has 10 heavy (non-hydrogen) atoms. The van der Waals surface area contributed by atoms with E-state index in [2.05, 4.69) is 0 Å². The molecule has 0 saturated heterocycles. The van der Waals surface area contributed by atoms with Crippen molar-refractivity contribution in [1.29, 1.82) is 0 Å². The zero-order valence-corrected chi connectivity index (χ0v) is 5.32. The second-order valence-electron chi connectivity index (χ2n) is 2.10. The van der Waals surface area contributed by atoms with Crippen molar-refractivity contribution in [3.63, 3.8) is 0 Å². The van der Waals surface area contributed by atoms with E-state index in [9.17, 15) is 0 Å². The number of ether oxygens (including phenoxy) is 1. The van der Waals surface area contributed by atoms with Crippen LogP contribution < -0.4 is 4.74 Å². The summed E-state index contributed by atoms with van der Waals surface area (Å²) in [5.41, 5.74) is 0. The predicted molar refractivity (Wildman–Crippen MR) is 36.9 cm³/mol. The molecule has 0 atom stereocenters. The molecule has 0 aromatic carbocycles. The van der Waals surface area contributed by atoms with E-state index in [4.69, 9.17) is 9.84 Å². The molecule has 3 heteroatoms. The van der Waals surface area contributed by atoms with Crippen molar-refractivity contribution in [1.82, 2.24) is 4.57 Å². The van der Waals surface area contributed by atoms with Gasteiger partial charge in [0, 0.05) is 18.3 Å². The van der Waals surface area contributed by atoms with Crippen LogP contribution in [0.1, 0.15) is 0 Å². The van der Waals surface area contributed by atoms with Gasteiger partial charge in [0.2, 0.25) is 5.88 Å². The van der Waals surface area contributed by atoms with Gasteiger partial charge in [0.25, 0.3) is 0 Å². The standard InChI is InChI=1S/C7H7NO2/c9-6-2-3-7-8(6)4-1-5-10-7/h1-4,9H,5H2. The molecule has 1 N–H and O–H groups in total. The highest BCUT2D eigenvalue weighted by molar-refractivity contribution is 5.41. The van der Waals surface area contributed by atoms with E-state index in [1.54, 1.807) is 22.9 Å². The molecular weight excluding hydrogens is 130 g/mol. The molecule has 1 aliphatic heterocycles. The molecule has 0 aliphatic carbocycles. The average molecular weight is 137 g/mol. The van der Waals surface area contributed by atoms with Crippen LogP contribution in [0.4, 0.5) is 0 Å². The SMILES string of the molecule is Oc1ccc2n1C=CCO2. The molecule has 2 rings (SSSR count). The molecular formula is C7H7NO2. The third-order valence-electron chi connectivity index (χ3n) is 1.44. The highest BCUT2D eigenvalue weighted by Gasteiger charge is 2.07. The minimum atomic E-state index is 0.214. The van der Waals surface area contributed by atoms with E-state index < -0.39 is 0 Å². The van der Waals surface area contributed by atoms with Crippen LogP contribution >= 0.6 is 0 Å². The van der Waals surface area contributed by atoms with Gasteiger partial charge in [0.1, 0.15) is 6.61 Å². The number of fused-ring (bicyclic) bond motifs is 1. The van der Waals surface area contributed by atoms with E-state index in [-0.39, 0.29) is 5.88 Å². The first-order valence-corrected chi connectivity index (χ1v) is 3.07. The number of hydrogen-bond acceptors (Lipinski definition) is 2. The molecule has 2 heterocycles. The van der Waals surface area contributed by atoms with Gasteiger partial charge in [0.15, 0.2) is 5.88 Å². The summed E-state index contributed by atoms with van der Waals surface area (Å²) in [6, 6.07) is 3.34. The molecule has 0 spiro atoms. The van der Waals surface area contributed by atoms with Crippen molar-refractivity contribution in [3.05, 3.63) is 18.2 Å². The quantitative estimate of drug-likeness (QED) is 0.580. The molecule has 0 radical (unpaired) electrons. The average Bonchev–Trinajstić information content (AvgIpc) is 2.34. The van der Waals surface area contributed by atoms with E-state index >= 15 is 0 Å². The maximum absolute atomic E-state index is 9.13. The number of aromatic nitrogens is 1. The predicted octanol–water partition coefficient (Wildman–Crippen LogP) is 1.06. The van der Waals surface area contributed by atoms with Gasteiger partial charge in [-0.15, -0.1) is 0 Å². The summed E-state index contributed by atoms with van der Waals surface area (Å²) in [5.74, 6) is 0.908. The fraction of sp³-hybridized carbons (Fsp3) is 0.143. The molecule has 0 bridgehead atoms. The van der Waals surface area contributed by atoms with Gasteiger partial charge >= 0.3 is 0 Å². The zero-order valence-electron chi connectivity index (χ0n) is 5.32. The van der Waals surface area contributed by atoms with Crippen molar-refractivity contribution in [2.75, 3.05) is 6.61 Å². The summed E-state index contributed by atoms with van der Waals surface area (Å²) in [6.07, 6.45) is 3.63. The number of rotatable bonds is 0. The second-order valence-corrected chi connectivity index (χ2v) is 2.10. The Morgan fingerprint density at radius 1 is 1.50 bits per heavy atom. The van der Waals surface area contributed by atoms with Crippen LogP contribution in [-0.2, 0) is 0 Å². The van der Waals surface area contributed by atoms with Crippen molar-refractivity contribution < 1.29 is 9.84 Å². The maximum Gasteiger partial charge on any atom is 0.200 e. The van der Waals surface area contributed by atoms with Gasteiger partial charge in [0.05, 0.1) is 0 Å². The lowest BCUT2D eigenvalue weighted by Gasteiger charge is -2.09. The largest absolute Gasteiger partial charge is 0.494 e. The Bertz CT molecular complexity index is 275. The lowest BCUT2D eigenvalue weighted by molar-refractivity contribution is 0.326. The molecule has 0 unspecified atom stereocenters. The van der Waals surface area contributed by atoms with Crippen LogP contribution in [0.3, 0.4) is 0 Å². The van der Waals surface area contributed by atoms with Gasteiger partial charge in [-0.25, -0.2) is 0 Å². The van der Waals surface area contributed by atoms with Gasteiger partial charge < -0.3 is 9.84 Å². The Hall–Kier alpha value is -1.38. The molecule has 3 nitrogen and oxygen atoms in total. The normalized spacial score (nSPS) is 14.4. The highest BCUT2D eigenvalue weighted by Crippen LogP contribution is 2.24. The Morgan fingerprint density at radius 2 is 2.40 bits per heavy atom. The molecule has 0 saturated carbocycles. The minimum absolute atomic E-state index is 0.214. The number of hydrogen-bond donors (Lipinski definition) is 1. The molecule has 0 amide bonds. The molecule has 0 fully saturated rings. The van der Waals surface area contributed by atoms with Crippen molar-refractivity contribution in [3.8, 4) is 11.8 Å². The monoisotopic (exact) mass is 137 g/mol. The lowest BCUT2D eigenvalue weighted by Crippen LogP contribution is -2.03. The Labute approximate surface area is 58.2 Å². The zero-order chi connectivity index (χ0) is 6.97. The second kappa shape index (κ2) is 1.80. The summed E-state index contributed by atoms with van der Waals surface area (Å²) in [5, 5.41) is 9.13. The van der Waals surface area contributed by atoms with Gasteiger partial charge in [-0.1, -0.05) is 0 Å². The third kappa shape index (κ3) is 0.603. The lowest BCUT2D eigenvalue weighted by atomic mass is 10.6. The van der Waals surface area contributed by atoms with Gasteiger partial charge in [-0.2, -0.15) is 0 Å². The Morgan fingerprint density at radius 3 is 3.20 bits per heavy atom. The van der Waals surface area contributed by atoms with Crippen LogP contribution in [0.2, 0.25) is 0 Å². The summed E-state index contributed by atoms with van der Waals surface area (Å²) in [7, 11) is 0. The van der Waals surface area contributed by atoms with E-state index in [0.29, 0.717) is 12.5 Å². The Balaban J connectivity index is 2.57. The van der Waals surface area contributed by atoms with Gasteiger partial charge in [-0.05, 0) is 6.08 Å². The molecule has 1 aromatic rings. The first-order chi connectivity index (χ1) is 4.88. The first kappa shape index (κ1) is 5.41. The number of aromatic hydroxyl groups is 1. The van der Waals surface area contributed by atoms with Crippen LogP contribution in [0.5, 0.6) is 11.8 Å². The maximum atomic E-state index is 9.13. The van der Waals surface area contributed by atoms with Crippen molar-refractivity contribution in [2.45, 2.75) is 0 Å². The smallest absolute Gasteiger partial charge is 0.200 e. The fourth-order valence-corrected chi connectivity index (χ4v) is 0.969. The molecule has 1 aromatic heterocycles. The van der Waals surface area contributed by atoms with Crippen LogP contribution in [0.15, 0.2) is 18.2 Å². The van der Waals surface area contributed by atoms with Crippen molar-refractivity contribution in [2.24, 2.45) is 0 Å². The van der Waals surface area contributed by atoms with Gasteiger partial charge in [-0.3, -0.25) is 4.57 Å². The van der Waals surface area contributed by atoms with Crippen LogP contribution in [-0.4, -0.2) is 16.3 Å². The summed E-state index contributed by atoms with van der Waals surface area (Å²) in [6.45, 7) is 0.587. The van der Waals surface area contributed by atoms with E-state index in [1.807, 2.05) is 6.08 Å². The summed E-state index contributed by atoms with van der Waals surface area (Å²) >= 11 is 0. The topological polar surface area (TPSA) is 34.4 Å². The van der Waals surface area contributed by atoms with E-state index in [1.165, 1.54) is 0 Å². The minimum Gasteiger partial charge on any atom is -0.494 e. The first-order valence-electron chi connectivity index (χ1n) is 3.07. The highest BCUT2D eigenvalue weighted by atomic mass is 16.5. The summed E-state index contributed by atoms with van der Waals surface area (Å²) in [4.78, 5) is 0. The van der Waals surface area contributed by atoms with Crippen LogP contribution in [0, 0.1) is 0 Å². The third-order valence-corrected chi connectivity index (χ3v) is 1.44. The number of nitrogens with zero attached hydrogens (tertiary/aromatic N) is 1. The molecule has 1 aliphatic rings. The summed E-state index contributed by atoms with van der Waals surface area (Å²) < 4.78 is 6.75. The van der Waals surface area contributed by atoms with E-state index in [0.717, 1.165) is 0 Å². The molecule has 52 valence electrons. The Kier molecular flexibility index (Phi) is 0.974. The van der Waals surface area contributed by atoms with Crippen LogP contribution in [0.25, 0.3) is 6.20 Å². The fourth-order valence-electron chi connectivity index (χ4n) is 0.969. The van der Waals surface area contributed by atoms with Crippen molar-refractivity contribution >= 4 is 6.20 Å².